The monoisotopic (exact) mass is 297 g/mol. The number of aliphatic imine (C=N–C) groups is 1. The predicted octanol–water partition coefficient (Wildman–Crippen LogP) is 3.90. The molecule has 0 aliphatic heterocycles. The lowest BCUT2D eigenvalue weighted by Crippen LogP contribution is -1.99. The molecule has 3 rings (SSSR count). The average molecular weight is 298 g/mol. The summed E-state index contributed by atoms with van der Waals surface area (Å²) in [6.45, 7) is 0.828. The summed E-state index contributed by atoms with van der Waals surface area (Å²) in [4.78, 5) is 18.2. The number of carbonyl (C=O) groups excluding carboxylic acids is 1. The second-order valence-corrected chi connectivity index (χ2v) is 5.13. The van der Waals surface area contributed by atoms with Crippen LogP contribution in [0.1, 0.15) is 5.56 Å². The molecule has 21 heavy (non-hydrogen) atoms. The maximum atomic E-state index is 10.3. The lowest BCUT2D eigenvalue weighted by Gasteiger charge is -2.05. The van der Waals surface area contributed by atoms with Crippen LogP contribution in [0, 0.1) is 0 Å². The minimum atomic E-state index is 0.570. The van der Waals surface area contributed by atoms with Crippen molar-refractivity contribution in [3.8, 4) is 0 Å². The molecule has 4 nitrogen and oxygen atoms in total. The Labute approximate surface area is 126 Å². The number of rotatable bonds is 4. The highest BCUT2D eigenvalue weighted by Crippen LogP contribution is 2.20. The molecular formula is C16H12ClN3O. The first-order chi connectivity index (χ1) is 10.3. The third-order valence-electron chi connectivity index (χ3n) is 3.33. The number of fused-ring (bicyclic) bond motifs is 1. The van der Waals surface area contributed by atoms with Gasteiger partial charge in [-0.2, -0.15) is 4.99 Å². The van der Waals surface area contributed by atoms with Gasteiger partial charge in [0.05, 0.1) is 23.0 Å². The van der Waals surface area contributed by atoms with Crippen molar-refractivity contribution in [3.63, 3.8) is 0 Å². The van der Waals surface area contributed by atoms with Crippen LogP contribution in [0.3, 0.4) is 0 Å². The highest BCUT2D eigenvalue weighted by molar-refractivity contribution is 6.30. The minimum Gasteiger partial charge on any atom is -0.330 e. The van der Waals surface area contributed by atoms with Crippen LogP contribution in [0.2, 0.25) is 5.02 Å². The third-order valence-corrected chi connectivity index (χ3v) is 3.59. The number of nitrogens with zero attached hydrogens (tertiary/aromatic N) is 3. The summed E-state index contributed by atoms with van der Waals surface area (Å²) in [6, 6.07) is 13.3. The lowest BCUT2D eigenvalue weighted by atomic mass is 10.1. The van der Waals surface area contributed by atoms with Gasteiger partial charge in [0.25, 0.3) is 0 Å². The Kier molecular flexibility index (Phi) is 3.82. The van der Waals surface area contributed by atoms with Crippen LogP contribution in [-0.2, 0) is 17.8 Å². The van der Waals surface area contributed by atoms with Crippen molar-refractivity contribution in [2.75, 3.05) is 0 Å². The quantitative estimate of drug-likeness (QED) is 0.541. The van der Waals surface area contributed by atoms with Gasteiger partial charge in [0.15, 0.2) is 0 Å². The standard InChI is InChI=1S/C16H12ClN3O/c17-13-3-1-12(2-4-13)7-8-20-10-18-15-9-14(19-11-21)5-6-16(15)20/h1-6,9-10H,7-8H2. The topological polar surface area (TPSA) is 47.2 Å². The first-order valence-electron chi connectivity index (χ1n) is 6.53. The predicted molar refractivity (Wildman–Crippen MR) is 82.7 cm³/mol. The van der Waals surface area contributed by atoms with Crippen molar-refractivity contribution in [1.82, 2.24) is 9.55 Å². The number of isocyanates is 1. The number of aryl methyl sites for hydroxylation is 2. The van der Waals surface area contributed by atoms with Crippen LogP contribution in [-0.4, -0.2) is 15.6 Å². The SMILES string of the molecule is O=C=Nc1ccc2c(c1)ncn2CCc1ccc(Cl)cc1. The number of aromatic nitrogens is 2. The molecule has 1 aromatic heterocycles. The minimum absolute atomic E-state index is 0.570. The van der Waals surface area contributed by atoms with Crippen LogP contribution in [0.4, 0.5) is 5.69 Å². The van der Waals surface area contributed by atoms with Gasteiger partial charge in [-0.05, 0) is 42.3 Å². The first-order valence-corrected chi connectivity index (χ1v) is 6.91. The van der Waals surface area contributed by atoms with Crippen LogP contribution in [0.5, 0.6) is 0 Å². The van der Waals surface area contributed by atoms with E-state index in [4.69, 9.17) is 11.6 Å². The van der Waals surface area contributed by atoms with Crippen molar-refractivity contribution in [2.24, 2.45) is 4.99 Å². The fourth-order valence-electron chi connectivity index (χ4n) is 2.25. The molecule has 0 saturated heterocycles. The van der Waals surface area contributed by atoms with Crippen molar-refractivity contribution in [1.29, 1.82) is 0 Å². The zero-order valence-electron chi connectivity index (χ0n) is 11.2. The van der Waals surface area contributed by atoms with Crippen molar-refractivity contribution in [2.45, 2.75) is 13.0 Å². The fourth-order valence-corrected chi connectivity index (χ4v) is 2.38. The molecule has 0 aliphatic rings. The summed E-state index contributed by atoms with van der Waals surface area (Å²) in [5, 5.41) is 0.745. The Morgan fingerprint density at radius 3 is 2.76 bits per heavy atom. The zero-order chi connectivity index (χ0) is 14.7. The molecule has 0 radical (unpaired) electrons. The van der Waals surface area contributed by atoms with Gasteiger partial charge in [0, 0.05) is 11.6 Å². The molecule has 0 spiro atoms. The smallest absolute Gasteiger partial charge is 0.240 e. The average Bonchev–Trinajstić information content (AvgIpc) is 2.89. The van der Waals surface area contributed by atoms with E-state index in [1.807, 2.05) is 30.3 Å². The van der Waals surface area contributed by atoms with E-state index in [1.165, 1.54) is 11.6 Å². The Hall–Kier alpha value is -2.42. The summed E-state index contributed by atoms with van der Waals surface area (Å²) in [5.74, 6) is 0. The molecule has 0 amide bonds. The normalized spacial score (nSPS) is 10.5. The van der Waals surface area contributed by atoms with Crippen molar-refractivity contribution >= 4 is 34.4 Å². The van der Waals surface area contributed by atoms with Gasteiger partial charge in [-0.3, -0.25) is 0 Å². The molecule has 0 aliphatic carbocycles. The van der Waals surface area contributed by atoms with E-state index in [9.17, 15) is 4.79 Å². The number of benzene rings is 2. The summed E-state index contributed by atoms with van der Waals surface area (Å²) < 4.78 is 2.08. The number of imidazole rings is 1. The molecule has 0 unspecified atom stereocenters. The van der Waals surface area contributed by atoms with E-state index in [1.54, 1.807) is 18.5 Å². The molecule has 5 heteroatoms. The second-order valence-electron chi connectivity index (χ2n) is 4.69. The summed E-state index contributed by atoms with van der Waals surface area (Å²) in [7, 11) is 0. The summed E-state index contributed by atoms with van der Waals surface area (Å²) >= 11 is 5.88. The lowest BCUT2D eigenvalue weighted by molar-refractivity contribution is 0.565. The van der Waals surface area contributed by atoms with E-state index in [0.29, 0.717) is 5.69 Å². The van der Waals surface area contributed by atoms with Crippen LogP contribution in [0.15, 0.2) is 53.8 Å². The van der Waals surface area contributed by atoms with Gasteiger partial charge < -0.3 is 4.57 Å². The summed E-state index contributed by atoms with van der Waals surface area (Å²) in [5.41, 5.74) is 3.64. The molecule has 0 N–H and O–H groups in total. The molecule has 3 aromatic rings. The molecule has 1 heterocycles. The molecule has 0 saturated carbocycles. The number of hydrogen-bond donors (Lipinski definition) is 0. The van der Waals surface area contributed by atoms with E-state index < -0.39 is 0 Å². The maximum Gasteiger partial charge on any atom is 0.240 e. The van der Waals surface area contributed by atoms with E-state index >= 15 is 0 Å². The van der Waals surface area contributed by atoms with Crippen LogP contribution >= 0.6 is 11.6 Å². The largest absolute Gasteiger partial charge is 0.330 e. The van der Waals surface area contributed by atoms with Gasteiger partial charge in [-0.25, -0.2) is 9.78 Å². The molecule has 0 fully saturated rings. The highest BCUT2D eigenvalue weighted by atomic mass is 35.5. The third kappa shape index (κ3) is 3.02. The van der Waals surface area contributed by atoms with Gasteiger partial charge in [0.2, 0.25) is 6.08 Å². The second kappa shape index (κ2) is 5.92. The van der Waals surface area contributed by atoms with Gasteiger partial charge in [0.1, 0.15) is 0 Å². The molecule has 0 bridgehead atoms. The van der Waals surface area contributed by atoms with Gasteiger partial charge >= 0.3 is 0 Å². The Balaban J connectivity index is 1.81. The van der Waals surface area contributed by atoms with Gasteiger partial charge in [-0.1, -0.05) is 23.7 Å². The Morgan fingerprint density at radius 2 is 2.00 bits per heavy atom. The molecule has 2 aromatic carbocycles. The zero-order valence-corrected chi connectivity index (χ0v) is 11.9. The molecule has 104 valence electrons. The number of hydrogen-bond acceptors (Lipinski definition) is 3. The van der Waals surface area contributed by atoms with Crippen LogP contribution in [0.25, 0.3) is 11.0 Å². The summed E-state index contributed by atoms with van der Waals surface area (Å²) in [6.07, 6.45) is 4.24. The van der Waals surface area contributed by atoms with E-state index in [0.717, 1.165) is 29.0 Å². The Morgan fingerprint density at radius 1 is 1.19 bits per heavy atom. The first kappa shape index (κ1) is 13.6. The molecular weight excluding hydrogens is 286 g/mol. The van der Waals surface area contributed by atoms with Crippen molar-refractivity contribution < 1.29 is 4.79 Å². The van der Waals surface area contributed by atoms with E-state index in [2.05, 4.69) is 14.5 Å². The fraction of sp³-hybridized carbons (Fsp3) is 0.125. The highest BCUT2D eigenvalue weighted by Gasteiger charge is 2.04. The maximum absolute atomic E-state index is 10.3. The number of halogens is 1. The molecule has 0 atom stereocenters. The Bertz CT molecular complexity index is 817. The van der Waals surface area contributed by atoms with Crippen LogP contribution < -0.4 is 0 Å². The van der Waals surface area contributed by atoms with Gasteiger partial charge in [-0.15, -0.1) is 0 Å². The van der Waals surface area contributed by atoms with Crippen molar-refractivity contribution in [3.05, 3.63) is 59.4 Å². The van der Waals surface area contributed by atoms with E-state index in [-0.39, 0.29) is 0 Å².